The minimum atomic E-state index is -0.268. The Labute approximate surface area is 125 Å². The van der Waals surface area contributed by atoms with E-state index in [-0.39, 0.29) is 5.82 Å². The summed E-state index contributed by atoms with van der Waals surface area (Å²) in [5, 5.41) is 3.37. The second-order valence-electron chi connectivity index (χ2n) is 5.52. The molecule has 2 aromatic rings. The van der Waals surface area contributed by atoms with E-state index >= 15 is 0 Å². The molecular weight excluding hydrogens is 267 g/mol. The number of benzene rings is 1. The Hall–Kier alpha value is -1.94. The molecule has 2 rings (SSSR count). The maximum Gasteiger partial charge on any atom is 0.150 e. The summed E-state index contributed by atoms with van der Waals surface area (Å²) in [6, 6.07) is 6.77. The number of rotatable bonds is 6. The van der Waals surface area contributed by atoms with Gasteiger partial charge in [-0.1, -0.05) is 19.9 Å². The number of ether oxygens (including phenoxy) is 1. The molecule has 0 bridgehead atoms. The van der Waals surface area contributed by atoms with Crippen LogP contribution in [0.15, 0.2) is 36.7 Å². The minimum absolute atomic E-state index is 0.268. The number of pyridine rings is 1. The highest BCUT2D eigenvalue weighted by Crippen LogP contribution is 2.25. The SMILES string of the molecule is Cc1ccc(Oc2cnccc2CNCC(C)C)cc1F. The Morgan fingerprint density at radius 3 is 2.81 bits per heavy atom. The summed E-state index contributed by atoms with van der Waals surface area (Å²) in [6.07, 6.45) is 3.39. The van der Waals surface area contributed by atoms with Gasteiger partial charge in [0.1, 0.15) is 17.3 Å². The standard InChI is InChI=1S/C17H21FN2O/c1-12(2)9-20-10-14-6-7-19-11-17(14)21-15-5-4-13(3)16(18)8-15/h4-8,11-12,20H,9-10H2,1-3H3. The van der Waals surface area contributed by atoms with E-state index < -0.39 is 0 Å². The Morgan fingerprint density at radius 1 is 1.29 bits per heavy atom. The smallest absolute Gasteiger partial charge is 0.150 e. The van der Waals surface area contributed by atoms with Crippen LogP contribution in [0.2, 0.25) is 0 Å². The second kappa shape index (κ2) is 7.18. The third-order valence-corrected chi connectivity index (χ3v) is 3.11. The molecule has 0 unspecified atom stereocenters. The normalized spacial score (nSPS) is 10.9. The number of hydrogen-bond acceptors (Lipinski definition) is 3. The quantitative estimate of drug-likeness (QED) is 0.870. The average Bonchev–Trinajstić information content (AvgIpc) is 2.44. The van der Waals surface area contributed by atoms with Crippen LogP contribution in [0.25, 0.3) is 0 Å². The van der Waals surface area contributed by atoms with Crippen LogP contribution in [0.3, 0.4) is 0 Å². The fourth-order valence-corrected chi connectivity index (χ4v) is 1.91. The Kier molecular flexibility index (Phi) is 5.28. The van der Waals surface area contributed by atoms with Crippen LogP contribution in [-0.2, 0) is 6.54 Å². The van der Waals surface area contributed by atoms with Gasteiger partial charge in [0.2, 0.25) is 0 Å². The fourth-order valence-electron chi connectivity index (χ4n) is 1.91. The average molecular weight is 288 g/mol. The van der Waals surface area contributed by atoms with Gasteiger partial charge in [0.15, 0.2) is 0 Å². The summed E-state index contributed by atoms with van der Waals surface area (Å²) >= 11 is 0. The van der Waals surface area contributed by atoms with Gasteiger partial charge in [-0.2, -0.15) is 0 Å². The molecule has 0 fully saturated rings. The molecule has 0 aliphatic heterocycles. The monoisotopic (exact) mass is 288 g/mol. The lowest BCUT2D eigenvalue weighted by atomic mass is 10.2. The number of nitrogens with zero attached hydrogens (tertiary/aromatic N) is 1. The van der Waals surface area contributed by atoms with E-state index in [1.54, 1.807) is 31.5 Å². The highest BCUT2D eigenvalue weighted by molar-refractivity contribution is 5.36. The Bertz CT molecular complexity index is 599. The van der Waals surface area contributed by atoms with E-state index in [1.165, 1.54) is 6.07 Å². The summed E-state index contributed by atoms with van der Waals surface area (Å²) in [4.78, 5) is 4.08. The number of hydrogen-bond donors (Lipinski definition) is 1. The van der Waals surface area contributed by atoms with Crippen LogP contribution in [0.4, 0.5) is 4.39 Å². The van der Waals surface area contributed by atoms with Crippen molar-refractivity contribution in [1.29, 1.82) is 0 Å². The molecule has 1 aromatic heterocycles. The molecule has 21 heavy (non-hydrogen) atoms. The molecule has 0 spiro atoms. The first kappa shape index (κ1) is 15.4. The summed E-state index contributed by atoms with van der Waals surface area (Å²) in [7, 11) is 0. The van der Waals surface area contributed by atoms with E-state index in [9.17, 15) is 4.39 Å². The van der Waals surface area contributed by atoms with Crippen LogP contribution in [0.5, 0.6) is 11.5 Å². The molecule has 0 saturated heterocycles. The first-order valence-corrected chi connectivity index (χ1v) is 7.14. The first-order chi connectivity index (χ1) is 10.1. The molecule has 3 nitrogen and oxygen atoms in total. The zero-order chi connectivity index (χ0) is 15.2. The summed E-state index contributed by atoms with van der Waals surface area (Å²) in [5.74, 6) is 1.45. The van der Waals surface area contributed by atoms with Crippen molar-refractivity contribution in [3.05, 3.63) is 53.6 Å². The van der Waals surface area contributed by atoms with Crippen molar-refractivity contribution in [3.63, 3.8) is 0 Å². The van der Waals surface area contributed by atoms with Gasteiger partial charge >= 0.3 is 0 Å². The van der Waals surface area contributed by atoms with Crippen molar-refractivity contribution in [3.8, 4) is 11.5 Å². The topological polar surface area (TPSA) is 34.1 Å². The highest BCUT2D eigenvalue weighted by Gasteiger charge is 2.07. The first-order valence-electron chi connectivity index (χ1n) is 7.14. The number of nitrogens with one attached hydrogen (secondary N) is 1. The van der Waals surface area contributed by atoms with Crippen LogP contribution >= 0.6 is 0 Å². The molecule has 1 aromatic carbocycles. The molecule has 0 amide bonds. The van der Waals surface area contributed by atoms with Gasteiger partial charge in [-0.3, -0.25) is 4.98 Å². The van der Waals surface area contributed by atoms with Gasteiger partial charge in [-0.15, -0.1) is 0 Å². The third-order valence-electron chi connectivity index (χ3n) is 3.11. The molecule has 0 aliphatic carbocycles. The van der Waals surface area contributed by atoms with Gasteiger partial charge < -0.3 is 10.1 Å². The maximum absolute atomic E-state index is 13.6. The molecular formula is C17H21FN2O. The minimum Gasteiger partial charge on any atom is -0.455 e. The van der Waals surface area contributed by atoms with Crippen LogP contribution in [-0.4, -0.2) is 11.5 Å². The zero-order valence-corrected chi connectivity index (χ0v) is 12.7. The summed E-state index contributed by atoms with van der Waals surface area (Å²) in [6.45, 7) is 7.67. The van der Waals surface area contributed by atoms with Crippen molar-refractivity contribution >= 4 is 0 Å². The number of halogens is 1. The molecule has 4 heteroatoms. The largest absolute Gasteiger partial charge is 0.455 e. The molecule has 1 heterocycles. The van der Waals surface area contributed by atoms with Gasteiger partial charge in [0.05, 0.1) is 6.20 Å². The molecule has 1 N–H and O–H groups in total. The molecule has 0 saturated carbocycles. The highest BCUT2D eigenvalue weighted by atomic mass is 19.1. The van der Waals surface area contributed by atoms with E-state index in [2.05, 4.69) is 24.1 Å². The molecule has 0 atom stereocenters. The maximum atomic E-state index is 13.6. The second-order valence-corrected chi connectivity index (χ2v) is 5.52. The van der Waals surface area contributed by atoms with Crippen molar-refractivity contribution in [2.75, 3.05) is 6.54 Å². The molecule has 0 radical (unpaired) electrons. The van der Waals surface area contributed by atoms with Crippen molar-refractivity contribution < 1.29 is 9.13 Å². The number of aromatic nitrogens is 1. The van der Waals surface area contributed by atoms with Gasteiger partial charge in [-0.25, -0.2) is 4.39 Å². The van der Waals surface area contributed by atoms with Crippen LogP contribution in [0, 0.1) is 18.7 Å². The lowest BCUT2D eigenvalue weighted by molar-refractivity contribution is 0.461. The van der Waals surface area contributed by atoms with E-state index in [4.69, 9.17) is 4.74 Å². The number of aryl methyl sites for hydroxylation is 1. The zero-order valence-electron chi connectivity index (χ0n) is 12.7. The summed E-state index contributed by atoms with van der Waals surface area (Å²) < 4.78 is 19.3. The predicted molar refractivity (Wildman–Crippen MR) is 82.0 cm³/mol. The Balaban J connectivity index is 2.10. The Morgan fingerprint density at radius 2 is 2.10 bits per heavy atom. The van der Waals surface area contributed by atoms with Gasteiger partial charge in [-0.05, 0) is 37.1 Å². The fraction of sp³-hybridized carbons (Fsp3) is 0.353. The van der Waals surface area contributed by atoms with E-state index in [1.807, 2.05) is 6.07 Å². The summed E-state index contributed by atoms with van der Waals surface area (Å²) in [5.41, 5.74) is 1.61. The lowest BCUT2D eigenvalue weighted by Crippen LogP contribution is -2.19. The van der Waals surface area contributed by atoms with Crippen molar-refractivity contribution in [2.45, 2.75) is 27.3 Å². The van der Waals surface area contributed by atoms with Gasteiger partial charge in [0.25, 0.3) is 0 Å². The lowest BCUT2D eigenvalue weighted by Gasteiger charge is -2.12. The van der Waals surface area contributed by atoms with Gasteiger partial charge in [0, 0.05) is 24.4 Å². The van der Waals surface area contributed by atoms with Crippen LogP contribution < -0.4 is 10.1 Å². The van der Waals surface area contributed by atoms with E-state index in [0.29, 0.717) is 29.5 Å². The molecule has 0 aliphatic rings. The van der Waals surface area contributed by atoms with E-state index in [0.717, 1.165) is 12.1 Å². The predicted octanol–water partition coefficient (Wildman–Crippen LogP) is 4.07. The van der Waals surface area contributed by atoms with Crippen molar-refractivity contribution in [2.24, 2.45) is 5.92 Å². The van der Waals surface area contributed by atoms with Crippen molar-refractivity contribution in [1.82, 2.24) is 10.3 Å². The van der Waals surface area contributed by atoms with Crippen LogP contribution in [0.1, 0.15) is 25.0 Å². The third kappa shape index (κ3) is 4.53. The molecule has 112 valence electrons.